The summed E-state index contributed by atoms with van der Waals surface area (Å²) in [6.07, 6.45) is 1.94. The van der Waals surface area contributed by atoms with E-state index in [1.807, 2.05) is 26.0 Å². The first kappa shape index (κ1) is 21.0. The predicted molar refractivity (Wildman–Crippen MR) is 100 cm³/mol. The number of amides is 1. The molecule has 0 atom stereocenters. The average molecular weight is 369 g/mol. The average Bonchev–Trinajstić information content (AvgIpc) is 2.56. The van der Waals surface area contributed by atoms with Crippen molar-refractivity contribution in [3.05, 3.63) is 29.8 Å². The number of benzene rings is 1. The largest absolute Gasteiger partial charge is 0.356 e. The van der Waals surface area contributed by atoms with E-state index in [2.05, 4.69) is 20.9 Å². The highest BCUT2D eigenvalue weighted by Gasteiger charge is 2.07. The van der Waals surface area contributed by atoms with Gasteiger partial charge >= 0.3 is 0 Å². The molecule has 0 spiro atoms. The maximum Gasteiger partial charge on any atom is 0.222 e. The Morgan fingerprint density at radius 2 is 1.60 bits per heavy atom. The highest BCUT2D eigenvalue weighted by atomic mass is 32.2. The van der Waals surface area contributed by atoms with Gasteiger partial charge in [-0.1, -0.05) is 26.0 Å². The van der Waals surface area contributed by atoms with Crippen molar-refractivity contribution in [2.75, 3.05) is 32.9 Å². The summed E-state index contributed by atoms with van der Waals surface area (Å²) < 4.78 is 22.9. The number of nitrogens with zero attached hydrogens (tertiary/aromatic N) is 1. The number of hydrogen-bond acceptors (Lipinski definition) is 4. The molecule has 7 nitrogen and oxygen atoms in total. The van der Waals surface area contributed by atoms with Gasteiger partial charge in [0.25, 0.3) is 0 Å². The standard InChI is InChI=1S/C17H28N4O3S/c1-13(2)16(22)19-11-12-21-17(18-3)20-10-9-14-5-7-15(8-6-14)25(4,23)24/h5-8,13H,9-12H2,1-4H3,(H,19,22)(H2,18,20,21). The lowest BCUT2D eigenvalue weighted by Gasteiger charge is -2.13. The molecule has 3 N–H and O–H groups in total. The first-order valence-corrected chi connectivity index (χ1v) is 10.1. The lowest BCUT2D eigenvalue weighted by molar-refractivity contribution is -0.123. The third kappa shape index (κ3) is 8.02. The van der Waals surface area contributed by atoms with E-state index in [1.165, 1.54) is 6.26 Å². The van der Waals surface area contributed by atoms with Crippen molar-refractivity contribution in [1.82, 2.24) is 16.0 Å². The molecule has 0 radical (unpaired) electrons. The Bertz CT molecular complexity index is 682. The molecule has 0 aliphatic rings. The van der Waals surface area contributed by atoms with Crippen LogP contribution in [-0.2, 0) is 21.1 Å². The third-order valence-corrected chi connectivity index (χ3v) is 4.65. The first-order valence-electron chi connectivity index (χ1n) is 8.25. The van der Waals surface area contributed by atoms with Gasteiger partial charge in [-0.05, 0) is 24.1 Å². The van der Waals surface area contributed by atoms with Crippen molar-refractivity contribution in [3.8, 4) is 0 Å². The van der Waals surface area contributed by atoms with Crippen molar-refractivity contribution in [3.63, 3.8) is 0 Å². The summed E-state index contributed by atoms with van der Waals surface area (Å²) in [5.74, 6) is 0.667. The van der Waals surface area contributed by atoms with Gasteiger partial charge in [-0.25, -0.2) is 8.42 Å². The molecular weight excluding hydrogens is 340 g/mol. The van der Waals surface area contributed by atoms with E-state index in [-0.39, 0.29) is 11.8 Å². The second kappa shape index (κ2) is 10.0. The van der Waals surface area contributed by atoms with Gasteiger partial charge < -0.3 is 16.0 Å². The van der Waals surface area contributed by atoms with Crippen molar-refractivity contribution in [1.29, 1.82) is 0 Å². The number of hydrogen-bond donors (Lipinski definition) is 3. The molecule has 0 fully saturated rings. The Balaban J connectivity index is 2.32. The summed E-state index contributed by atoms with van der Waals surface area (Å²) in [7, 11) is -1.47. The van der Waals surface area contributed by atoms with Gasteiger partial charge in [-0.3, -0.25) is 9.79 Å². The fourth-order valence-electron chi connectivity index (χ4n) is 2.02. The Hall–Kier alpha value is -2.09. The first-order chi connectivity index (χ1) is 11.7. The topological polar surface area (TPSA) is 99.7 Å². The molecule has 0 saturated carbocycles. The van der Waals surface area contributed by atoms with Crippen LogP contribution < -0.4 is 16.0 Å². The van der Waals surface area contributed by atoms with Crippen molar-refractivity contribution in [2.45, 2.75) is 25.2 Å². The monoisotopic (exact) mass is 368 g/mol. The zero-order chi connectivity index (χ0) is 18.9. The van der Waals surface area contributed by atoms with Gasteiger partial charge in [-0.2, -0.15) is 0 Å². The van der Waals surface area contributed by atoms with E-state index < -0.39 is 9.84 Å². The number of sulfone groups is 1. The molecule has 0 saturated heterocycles. The molecule has 1 aromatic rings. The molecule has 1 amide bonds. The molecule has 0 bridgehead atoms. The normalized spacial score (nSPS) is 12.1. The summed E-state index contributed by atoms with van der Waals surface area (Å²) in [5, 5.41) is 9.13. The number of guanidine groups is 1. The Morgan fingerprint density at radius 1 is 1.04 bits per heavy atom. The summed E-state index contributed by atoms with van der Waals surface area (Å²) in [6, 6.07) is 6.87. The SMILES string of the molecule is CN=C(NCCNC(=O)C(C)C)NCCc1ccc(S(C)(=O)=O)cc1. The Labute approximate surface area is 150 Å². The molecule has 8 heteroatoms. The quantitative estimate of drug-likeness (QED) is 0.354. The van der Waals surface area contributed by atoms with Crippen LogP contribution >= 0.6 is 0 Å². The van der Waals surface area contributed by atoms with E-state index in [0.29, 0.717) is 30.5 Å². The number of rotatable bonds is 8. The molecule has 1 rings (SSSR count). The third-order valence-electron chi connectivity index (χ3n) is 3.52. The fourth-order valence-corrected chi connectivity index (χ4v) is 2.65. The van der Waals surface area contributed by atoms with Crippen LogP contribution in [0.4, 0.5) is 0 Å². The molecule has 25 heavy (non-hydrogen) atoms. The lowest BCUT2D eigenvalue weighted by Crippen LogP contribution is -2.42. The maximum absolute atomic E-state index is 11.4. The zero-order valence-corrected chi connectivity index (χ0v) is 16.1. The number of carbonyl (C=O) groups is 1. The second-order valence-corrected chi connectivity index (χ2v) is 8.05. The molecule has 140 valence electrons. The van der Waals surface area contributed by atoms with Crippen LogP contribution in [0.3, 0.4) is 0 Å². The van der Waals surface area contributed by atoms with Crippen LogP contribution in [0, 0.1) is 5.92 Å². The van der Waals surface area contributed by atoms with E-state index >= 15 is 0 Å². The van der Waals surface area contributed by atoms with Gasteiger partial charge in [0.05, 0.1) is 4.90 Å². The van der Waals surface area contributed by atoms with E-state index in [4.69, 9.17) is 0 Å². The Morgan fingerprint density at radius 3 is 2.12 bits per heavy atom. The predicted octanol–water partition coefficient (Wildman–Crippen LogP) is 0.570. The smallest absolute Gasteiger partial charge is 0.222 e. The van der Waals surface area contributed by atoms with Crippen molar-refractivity contribution < 1.29 is 13.2 Å². The van der Waals surface area contributed by atoms with Crippen LogP contribution in [0.5, 0.6) is 0 Å². The van der Waals surface area contributed by atoms with Crippen LogP contribution in [0.25, 0.3) is 0 Å². The highest BCUT2D eigenvalue weighted by Crippen LogP contribution is 2.10. The summed E-state index contributed by atoms with van der Waals surface area (Å²) >= 11 is 0. The summed E-state index contributed by atoms with van der Waals surface area (Å²) in [4.78, 5) is 15.9. The van der Waals surface area contributed by atoms with Crippen LogP contribution in [0.1, 0.15) is 19.4 Å². The fraction of sp³-hybridized carbons (Fsp3) is 0.529. The van der Waals surface area contributed by atoms with Crippen LogP contribution in [0.15, 0.2) is 34.2 Å². The number of nitrogens with one attached hydrogen (secondary N) is 3. The maximum atomic E-state index is 11.4. The van der Waals surface area contributed by atoms with Gasteiger partial charge in [0, 0.05) is 38.9 Å². The highest BCUT2D eigenvalue weighted by molar-refractivity contribution is 7.90. The molecule has 0 unspecified atom stereocenters. The van der Waals surface area contributed by atoms with Gasteiger partial charge in [-0.15, -0.1) is 0 Å². The van der Waals surface area contributed by atoms with E-state index in [1.54, 1.807) is 19.2 Å². The zero-order valence-electron chi connectivity index (χ0n) is 15.3. The molecule has 1 aromatic carbocycles. The van der Waals surface area contributed by atoms with Gasteiger partial charge in [0.15, 0.2) is 15.8 Å². The van der Waals surface area contributed by atoms with Crippen LogP contribution in [-0.4, -0.2) is 53.2 Å². The molecule has 0 heterocycles. The van der Waals surface area contributed by atoms with E-state index in [9.17, 15) is 13.2 Å². The lowest BCUT2D eigenvalue weighted by atomic mass is 10.1. The summed E-state index contributed by atoms with van der Waals surface area (Å²) in [6.45, 7) is 5.49. The molecule has 0 aliphatic carbocycles. The minimum absolute atomic E-state index is 0.0217. The van der Waals surface area contributed by atoms with Gasteiger partial charge in [0.1, 0.15) is 0 Å². The van der Waals surface area contributed by atoms with Crippen molar-refractivity contribution >= 4 is 21.7 Å². The number of aliphatic imine (C=N–C) groups is 1. The minimum Gasteiger partial charge on any atom is -0.356 e. The van der Waals surface area contributed by atoms with Gasteiger partial charge in [0.2, 0.25) is 5.91 Å². The molecular formula is C17H28N4O3S. The minimum atomic E-state index is -3.16. The molecule has 0 aliphatic heterocycles. The number of carbonyl (C=O) groups excluding carboxylic acids is 1. The Kier molecular flexibility index (Phi) is 8.40. The summed E-state index contributed by atoms with van der Waals surface area (Å²) in [5.41, 5.74) is 1.04. The second-order valence-electron chi connectivity index (χ2n) is 6.04. The molecule has 0 aromatic heterocycles. The van der Waals surface area contributed by atoms with Crippen LogP contribution in [0.2, 0.25) is 0 Å². The van der Waals surface area contributed by atoms with Crippen molar-refractivity contribution in [2.24, 2.45) is 10.9 Å². The van der Waals surface area contributed by atoms with E-state index in [0.717, 1.165) is 12.0 Å².